The van der Waals surface area contributed by atoms with Crippen LogP contribution in [-0.2, 0) is 4.79 Å². The van der Waals surface area contributed by atoms with Crippen molar-refractivity contribution >= 4 is 11.6 Å². The number of hydrogen-bond acceptors (Lipinski definition) is 4. The smallest absolute Gasteiger partial charge is 0.238 e. The third-order valence-electron chi connectivity index (χ3n) is 3.89. The maximum Gasteiger partial charge on any atom is 0.238 e. The van der Waals surface area contributed by atoms with Crippen molar-refractivity contribution in [2.75, 3.05) is 38.7 Å². The van der Waals surface area contributed by atoms with Gasteiger partial charge in [0.05, 0.1) is 19.3 Å². The minimum absolute atomic E-state index is 0.0679. The quantitative estimate of drug-likeness (QED) is 0.759. The van der Waals surface area contributed by atoms with Gasteiger partial charge >= 0.3 is 0 Å². The third kappa shape index (κ3) is 6.12. The highest BCUT2D eigenvalue weighted by atomic mass is 16.5. The Bertz CT molecular complexity index is 671. The number of methoxy groups -OCH3 is 1. The number of benzene rings is 2. The first kappa shape index (κ1) is 18.8. The Morgan fingerprint density at radius 3 is 2.52 bits per heavy atom. The van der Waals surface area contributed by atoms with E-state index in [1.165, 1.54) is 5.56 Å². The van der Waals surface area contributed by atoms with Crippen molar-refractivity contribution in [1.29, 1.82) is 0 Å². The lowest BCUT2D eigenvalue weighted by atomic mass is 10.2. The monoisotopic (exact) mass is 342 g/mol. The largest absolute Gasteiger partial charge is 0.495 e. The molecule has 0 unspecified atom stereocenters. The Balaban J connectivity index is 1.80. The van der Waals surface area contributed by atoms with E-state index in [-0.39, 0.29) is 5.91 Å². The van der Waals surface area contributed by atoms with Crippen LogP contribution >= 0.6 is 0 Å². The van der Waals surface area contributed by atoms with Gasteiger partial charge in [-0.15, -0.1) is 0 Å². The molecule has 0 aromatic heterocycles. The summed E-state index contributed by atoms with van der Waals surface area (Å²) in [6.45, 7) is 6.39. The van der Waals surface area contributed by atoms with Crippen molar-refractivity contribution in [1.82, 2.24) is 4.90 Å². The Kier molecular flexibility index (Phi) is 7.29. The standard InChI is InChI=1S/C20H26N2O3/c1-4-22(13-14-25-17-11-9-16(2)10-12-17)15-20(23)21-18-7-5-6-8-19(18)24-3/h5-12H,4,13-15H2,1-3H3,(H,21,23). The van der Waals surface area contributed by atoms with E-state index in [2.05, 4.69) is 5.32 Å². The molecule has 0 saturated heterocycles. The van der Waals surface area contributed by atoms with E-state index < -0.39 is 0 Å². The van der Waals surface area contributed by atoms with Crippen molar-refractivity contribution in [3.63, 3.8) is 0 Å². The summed E-state index contributed by atoms with van der Waals surface area (Å²) in [5.74, 6) is 1.43. The predicted octanol–water partition coefficient (Wildman–Crippen LogP) is 3.34. The van der Waals surface area contributed by atoms with Crippen LogP contribution in [0.4, 0.5) is 5.69 Å². The Morgan fingerprint density at radius 2 is 1.84 bits per heavy atom. The van der Waals surface area contributed by atoms with Crippen LogP contribution in [0.3, 0.4) is 0 Å². The number of nitrogens with one attached hydrogen (secondary N) is 1. The van der Waals surface area contributed by atoms with Crippen molar-refractivity contribution in [3.05, 3.63) is 54.1 Å². The van der Waals surface area contributed by atoms with Gasteiger partial charge in [0.2, 0.25) is 5.91 Å². The molecule has 0 fully saturated rings. The summed E-state index contributed by atoms with van der Waals surface area (Å²) in [5.41, 5.74) is 1.89. The minimum Gasteiger partial charge on any atom is -0.495 e. The highest BCUT2D eigenvalue weighted by molar-refractivity contribution is 5.93. The van der Waals surface area contributed by atoms with Crippen LogP contribution < -0.4 is 14.8 Å². The van der Waals surface area contributed by atoms with Gasteiger partial charge in [-0.05, 0) is 37.7 Å². The van der Waals surface area contributed by atoms with E-state index in [9.17, 15) is 4.79 Å². The molecule has 5 nitrogen and oxygen atoms in total. The molecule has 0 atom stereocenters. The molecule has 134 valence electrons. The number of nitrogens with zero attached hydrogens (tertiary/aromatic N) is 1. The lowest BCUT2D eigenvalue weighted by Crippen LogP contribution is -2.36. The van der Waals surface area contributed by atoms with Gasteiger partial charge in [-0.25, -0.2) is 0 Å². The van der Waals surface area contributed by atoms with Crippen LogP contribution in [0.2, 0.25) is 0 Å². The molecule has 2 aromatic carbocycles. The van der Waals surface area contributed by atoms with Crippen LogP contribution in [0.15, 0.2) is 48.5 Å². The zero-order chi connectivity index (χ0) is 18.1. The molecule has 1 N–H and O–H groups in total. The average Bonchev–Trinajstić information content (AvgIpc) is 2.63. The number of rotatable bonds is 9. The highest BCUT2D eigenvalue weighted by Crippen LogP contribution is 2.22. The van der Waals surface area contributed by atoms with Gasteiger partial charge in [0, 0.05) is 6.54 Å². The van der Waals surface area contributed by atoms with Gasteiger partial charge in [0.15, 0.2) is 0 Å². The number of likely N-dealkylation sites (N-methyl/N-ethyl adjacent to an activating group) is 1. The van der Waals surface area contributed by atoms with Crippen LogP contribution in [-0.4, -0.2) is 44.2 Å². The topological polar surface area (TPSA) is 50.8 Å². The summed E-state index contributed by atoms with van der Waals surface area (Å²) < 4.78 is 11.0. The fraction of sp³-hybridized carbons (Fsp3) is 0.350. The second-order valence-corrected chi connectivity index (χ2v) is 5.78. The number of para-hydroxylation sites is 2. The van der Waals surface area contributed by atoms with Crippen LogP contribution in [0, 0.1) is 6.92 Å². The Hall–Kier alpha value is -2.53. The molecule has 0 saturated carbocycles. The maximum absolute atomic E-state index is 12.3. The number of carbonyl (C=O) groups is 1. The van der Waals surface area contributed by atoms with Crippen LogP contribution in [0.5, 0.6) is 11.5 Å². The normalized spacial score (nSPS) is 10.6. The Labute approximate surface area is 149 Å². The zero-order valence-corrected chi connectivity index (χ0v) is 15.1. The first-order valence-electron chi connectivity index (χ1n) is 8.47. The second kappa shape index (κ2) is 9.69. The van der Waals surface area contributed by atoms with E-state index in [1.54, 1.807) is 7.11 Å². The summed E-state index contributed by atoms with van der Waals surface area (Å²) in [7, 11) is 1.59. The molecular weight excluding hydrogens is 316 g/mol. The SMILES string of the molecule is CCN(CCOc1ccc(C)cc1)CC(=O)Nc1ccccc1OC. The first-order valence-corrected chi connectivity index (χ1v) is 8.47. The van der Waals surface area contributed by atoms with Crippen molar-refractivity contribution in [3.8, 4) is 11.5 Å². The number of carbonyl (C=O) groups excluding carboxylic acids is 1. The van der Waals surface area contributed by atoms with Gasteiger partial charge in [-0.2, -0.15) is 0 Å². The molecule has 0 aliphatic heterocycles. The van der Waals surface area contributed by atoms with Crippen molar-refractivity contribution < 1.29 is 14.3 Å². The number of ether oxygens (including phenoxy) is 2. The third-order valence-corrected chi connectivity index (χ3v) is 3.89. The van der Waals surface area contributed by atoms with Crippen molar-refractivity contribution in [2.45, 2.75) is 13.8 Å². The lowest BCUT2D eigenvalue weighted by molar-refractivity contribution is -0.117. The summed E-state index contributed by atoms with van der Waals surface area (Å²) in [5, 5.41) is 2.89. The summed E-state index contributed by atoms with van der Waals surface area (Å²) in [4.78, 5) is 14.3. The average molecular weight is 342 g/mol. The molecule has 0 aliphatic carbocycles. The van der Waals surface area contributed by atoms with E-state index >= 15 is 0 Å². The second-order valence-electron chi connectivity index (χ2n) is 5.78. The van der Waals surface area contributed by atoms with Crippen molar-refractivity contribution in [2.24, 2.45) is 0 Å². The number of hydrogen-bond donors (Lipinski definition) is 1. The molecule has 0 radical (unpaired) electrons. The number of aryl methyl sites for hydroxylation is 1. The highest BCUT2D eigenvalue weighted by Gasteiger charge is 2.11. The summed E-state index contributed by atoms with van der Waals surface area (Å²) in [6, 6.07) is 15.3. The van der Waals surface area contributed by atoms with Gasteiger partial charge in [-0.3, -0.25) is 9.69 Å². The van der Waals surface area contributed by atoms with E-state index in [4.69, 9.17) is 9.47 Å². The van der Waals surface area contributed by atoms with Gasteiger partial charge in [0.1, 0.15) is 18.1 Å². The molecule has 25 heavy (non-hydrogen) atoms. The van der Waals surface area contributed by atoms with E-state index in [0.717, 1.165) is 12.3 Å². The van der Waals surface area contributed by atoms with Gasteiger partial charge in [-0.1, -0.05) is 36.8 Å². The molecule has 0 bridgehead atoms. The fourth-order valence-electron chi connectivity index (χ4n) is 2.42. The van der Waals surface area contributed by atoms with Gasteiger partial charge < -0.3 is 14.8 Å². The van der Waals surface area contributed by atoms with E-state index in [1.807, 2.05) is 67.3 Å². The summed E-state index contributed by atoms with van der Waals surface area (Å²) >= 11 is 0. The van der Waals surface area contributed by atoms with Crippen LogP contribution in [0.1, 0.15) is 12.5 Å². The molecule has 2 rings (SSSR count). The van der Waals surface area contributed by atoms with E-state index in [0.29, 0.717) is 31.1 Å². The maximum atomic E-state index is 12.3. The molecule has 0 spiro atoms. The molecule has 0 aliphatic rings. The van der Waals surface area contributed by atoms with Crippen LogP contribution in [0.25, 0.3) is 0 Å². The first-order chi connectivity index (χ1) is 12.1. The summed E-state index contributed by atoms with van der Waals surface area (Å²) in [6.07, 6.45) is 0. The Morgan fingerprint density at radius 1 is 1.12 bits per heavy atom. The molecule has 0 heterocycles. The lowest BCUT2D eigenvalue weighted by Gasteiger charge is -2.20. The predicted molar refractivity (Wildman–Crippen MR) is 100 cm³/mol. The van der Waals surface area contributed by atoms with Gasteiger partial charge in [0.25, 0.3) is 0 Å². The minimum atomic E-state index is -0.0679. The fourth-order valence-corrected chi connectivity index (χ4v) is 2.42. The molecule has 1 amide bonds. The molecular formula is C20H26N2O3. The zero-order valence-electron chi connectivity index (χ0n) is 15.1. The molecule has 2 aromatic rings. The number of amides is 1. The number of anilines is 1. The molecule has 5 heteroatoms.